The van der Waals surface area contributed by atoms with E-state index in [1.165, 1.54) is 6.26 Å². The SMILES string of the molecule is CS(=O)(=O)Cc1cccc(C(=O)N2CCC(c3nc4ccccc4[nH]3)CC2)c1. The first-order valence-electron chi connectivity index (χ1n) is 9.40. The standard InChI is InChI=1S/C21H23N3O3S/c1-28(26,27)14-15-5-4-6-17(13-15)21(25)24-11-9-16(10-12-24)20-22-18-7-2-3-8-19(18)23-20/h2-8,13,16H,9-12,14H2,1H3,(H,22,23). The van der Waals surface area contributed by atoms with E-state index in [1.54, 1.807) is 24.3 Å². The zero-order chi connectivity index (χ0) is 19.7. The van der Waals surface area contributed by atoms with Crippen LogP contribution in [0.2, 0.25) is 0 Å². The molecule has 0 atom stereocenters. The molecule has 1 aliphatic heterocycles. The summed E-state index contributed by atoms with van der Waals surface area (Å²) < 4.78 is 23.0. The molecule has 0 radical (unpaired) electrons. The zero-order valence-corrected chi connectivity index (χ0v) is 16.6. The molecule has 1 saturated heterocycles. The molecule has 0 unspecified atom stereocenters. The maximum Gasteiger partial charge on any atom is 0.253 e. The number of hydrogen-bond donors (Lipinski definition) is 1. The maximum absolute atomic E-state index is 12.9. The van der Waals surface area contributed by atoms with Crippen LogP contribution in [0.15, 0.2) is 48.5 Å². The number of aromatic amines is 1. The molecule has 0 bridgehead atoms. The molecule has 7 heteroatoms. The minimum Gasteiger partial charge on any atom is -0.342 e. The average Bonchev–Trinajstić information content (AvgIpc) is 3.11. The fraction of sp³-hybridized carbons (Fsp3) is 0.333. The third kappa shape index (κ3) is 4.09. The summed E-state index contributed by atoms with van der Waals surface area (Å²) >= 11 is 0. The molecule has 4 rings (SSSR count). The number of para-hydroxylation sites is 2. The van der Waals surface area contributed by atoms with Crippen LogP contribution < -0.4 is 0 Å². The molecule has 0 aliphatic carbocycles. The Morgan fingerprint density at radius 2 is 1.89 bits per heavy atom. The molecule has 1 N–H and O–H groups in total. The molecule has 2 heterocycles. The van der Waals surface area contributed by atoms with Crippen LogP contribution >= 0.6 is 0 Å². The predicted molar refractivity (Wildman–Crippen MR) is 109 cm³/mol. The summed E-state index contributed by atoms with van der Waals surface area (Å²) in [7, 11) is -3.13. The third-order valence-corrected chi connectivity index (χ3v) is 6.04. The highest BCUT2D eigenvalue weighted by Crippen LogP contribution is 2.28. The molecule has 2 aromatic carbocycles. The smallest absolute Gasteiger partial charge is 0.253 e. The number of nitrogens with one attached hydrogen (secondary N) is 1. The predicted octanol–water partition coefficient (Wildman–Crippen LogP) is 3.13. The molecule has 1 fully saturated rings. The first-order chi connectivity index (χ1) is 13.4. The van der Waals surface area contributed by atoms with Crippen molar-refractivity contribution in [3.8, 4) is 0 Å². The van der Waals surface area contributed by atoms with Gasteiger partial charge in [0, 0.05) is 30.8 Å². The van der Waals surface area contributed by atoms with Crippen LogP contribution in [0.1, 0.15) is 40.5 Å². The highest BCUT2D eigenvalue weighted by Gasteiger charge is 2.26. The number of likely N-dealkylation sites (tertiary alicyclic amines) is 1. The fourth-order valence-electron chi connectivity index (χ4n) is 3.80. The Balaban J connectivity index is 1.43. The van der Waals surface area contributed by atoms with Gasteiger partial charge < -0.3 is 9.88 Å². The van der Waals surface area contributed by atoms with Crippen molar-refractivity contribution < 1.29 is 13.2 Å². The first kappa shape index (κ1) is 18.7. The number of aromatic nitrogens is 2. The zero-order valence-electron chi connectivity index (χ0n) is 15.8. The summed E-state index contributed by atoms with van der Waals surface area (Å²) in [5.74, 6) is 1.21. The summed E-state index contributed by atoms with van der Waals surface area (Å²) in [6.45, 7) is 1.33. The normalized spacial score (nSPS) is 15.8. The molecule has 1 aromatic heterocycles. The van der Waals surface area contributed by atoms with Crippen molar-refractivity contribution in [3.63, 3.8) is 0 Å². The number of piperidine rings is 1. The topological polar surface area (TPSA) is 83.1 Å². The second kappa shape index (κ2) is 7.39. The fourth-order valence-corrected chi connectivity index (χ4v) is 4.59. The Labute approximate surface area is 164 Å². The van der Waals surface area contributed by atoms with E-state index in [1.807, 2.05) is 29.2 Å². The number of rotatable bonds is 4. The van der Waals surface area contributed by atoms with Crippen LogP contribution in [0.5, 0.6) is 0 Å². The average molecular weight is 398 g/mol. The number of carbonyl (C=O) groups excluding carboxylic acids is 1. The van der Waals surface area contributed by atoms with E-state index in [-0.39, 0.29) is 11.7 Å². The van der Waals surface area contributed by atoms with Gasteiger partial charge in [-0.05, 0) is 42.7 Å². The number of carbonyl (C=O) groups is 1. The lowest BCUT2D eigenvalue weighted by atomic mass is 9.95. The minimum absolute atomic E-state index is 0.0431. The van der Waals surface area contributed by atoms with Crippen molar-refractivity contribution in [2.45, 2.75) is 24.5 Å². The van der Waals surface area contributed by atoms with Gasteiger partial charge in [-0.2, -0.15) is 0 Å². The number of imidazole rings is 1. The van der Waals surface area contributed by atoms with Crippen molar-refractivity contribution in [1.29, 1.82) is 0 Å². The largest absolute Gasteiger partial charge is 0.342 e. The van der Waals surface area contributed by atoms with Crippen LogP contribution in [0.4, 0.5) is 0 Å². The number of fused-ring (bicyclic) bond motifs is 1. The maximum atomic E-state index is 12.9. The van der Waals surface area contributed by atoms with E-state index < -0.39 is 9.84 Å². The van der Waals surface area contributed by atoms with Crippen molar-refractivity contribution in [3.05, 3.63) is 65.5 Å². The Morgan fingerprint density at radius 3 is 2.61 bits per heavy atom. The van der Waals surface area contributed by atoms with Gasteiger partial charge in [0.15, 0.2) is 9.84 Å². The van der Waals surface area contributed by atoms with Crippen LogP contribution in [-0.2, 0) is 15.6 Å². The monoisotopic (exact) mass is 397 g/mol. The van der Waals surface area contributed by atoms with E-state index in [9.17, 15) is 13.2 Å². The van der Waals surface area contributed by atoms with Gasteiger partial charge in [0.1, 0.15) is 5.82 Å². The number of H-pyrrole nitrogens is 1. The summed E-state index contributed by atoms with van der Waals surface area (Å²) in [6.07, 6.45) is 2.91. The number of sulfone groups is 1. The molecule has 3 aromatic rings. The molecule has 28 heavy (non-hydrogen) atoms. The van der Waals surface area contributed by atoms with E-state index in [2.05, 4.69) is 4.98 Å². The number of nitrogens with zero attached hydrogens (tertiary/aromatic N) is 2. The van der Waals surface area contributed by atoms with Crippen LogP contribution in [-0.4, -0.2) is 48.5 Å². The Bertz CT molecular complexity index is 1080. The Morgan fingerprint density at radius 1 is 1.14 bits per heavy atom. The second-order valence-electron chi connectivity index (χ2n) is 7.48. The van der Waals surface area contributed by atoms with E-state index in [0.717, 1.165) is 29.7 Å². The molecular weight excluding hydrogens is 374 g/mol. The van der Waals surface area contributed by atoms with Gasteiger partial charge in [0.05, 0.1) is 16.8 Å². The lowest BCUT2D eigenvalue weighted by molar-refractivity contribution is 0.0711. The first-order valence-corrected chi connectivity index (χ1v) is 11.5. The molecule has 6 nitrogen and oxygen atoms in total. The molecule has 1 aliphatic rings. The highest BCUT2D eigenvalue weighted by molar-refractivity contribution is 7.89. The van der Waals surface area contributed by atoms with Crippen molar-refractivity contribution in [2.75, 3.05) is 19.3 Å². The molecule has 146 valence electrons. The summed E-state index contributed by atoms with van der Waals surface area (Å²) in [5, 5.41) is 0. The second-order valence-corrected chi connectivity index (χ2v) is 9.62. The van der Waals surface area contributed by atoms with Gasteiger partial charge in [-0.25, -0.2) is 13.4 Å². The quantitative estimate of drug-likeness (QED) is 0.733. The van der Waals surface area contributed by atoms with Crippen molar-refractivity contribution in [2.24, 2.45) is 0 Å². The van der Waals surface area contributed by atoms with E-state index >= 15 is 0 Å². The van der Waals surface area contributed by atoms with Gasteiger partial charge in [-0.3, -0.25) is 4.79 Å². The summed E-state index contributed by atoms with van der Waals surface area (Å²) in [4.78, 5) is 22.8. The highest BCUT2D eigenvalue weighted by atomic mass is 32.2. The summed E-state index contributed by atoms with van der Waals surface area (Å²) in [5.41, 5.74) is 3.20. The third-order valence-electron chi connectivity index (χ3n) is 5.18. The van der Waals surface area contributed by atoms with E-state index in [4.69, 9.17) is 4.98 Å². The molecule has 1 amide bonds. The lowest BCUT2D eigenvalue weighted by Gasteiger charge is -2.31. The van der Waals surface area contributed by atoms with Crippen LogP contribution in [0.3, 0.4) is 0 Å². The van der Waals surface area contributed by atoms with Gasteiger partial charge in [-0.1, -0.05) is 24.3 Å². The van der Waals surface area contributed by atoms with Gasteiger partial charge >= 0.3 is 0 Å². The Hall–Kier alpha value is -2.67. The minimum atomic E-state index is -3.13. The van der Waals surface area contributed by atoms with Crippen molar-refractivity contribution >= 4 is 26.8 Å². The molecule has 0 saturated carbocycles. The Kier molecular flexibility index (Phi) is 4.93. The number of benzene rings is 2. The van der Waals surface area contributed by atoms with Crippen LogP contribution in [0.25, 0.3) is 11.0 Å². The summed E-state index contributed by atoms with van der Waals surface area (Å²) in [6, 6.07) is 14.9. The van der Waals surface area contributed by atoms with Gasteiger partial charge in [0.25, 0.3) is 5.91 Å². The van der Waals surface area contributed by atoms with Crippen LogP contribution in [0, 0.1) is 0 Å². The number of hydrogen-bond acceptors (Lipinski definition) is 4. The van der Waals surface area contributed by atoms with E-state index in [0.29, 0.717) is 30.1 Å². The lowest BCUT2D eigenvalue weighted by Crippen LogP contribution is -2.38. The molecular formula is C21H23N3O3S. The van der Waals surface area contributed by atoms with Gasteiger partial charge in [0.2, 0.25) is 0 Å². The van der Waals surface area contributed by atoms with Gasteiger partial charge in [-0.15, -0.1) is 0 Å². The molecule has 0 spiro atoms. The number of amides is 1. The van der Waals surface area contributed by atoms with Crippen molar-refractivity contribution in [1.82, 2.24) is 14.9 Å².